The van der Waals surface area contributed by atoms with Crippen molar-refractivity contribution in [1.29, 1.82) is 0 Å². The summed E-state index contributed by atoms with van der Waals surface area (Å²) in [4.78, 5) is 12.0. The molecule has 0 saturated carbocycles. The molecule has 258 valence electrons. The maximum absolute atomic E-state index is 12.0. The topological polar surface area (TPSA) is 26.3 Å². The van der Waals surface area contributed by atoms with E-state index in [-0.39, 0.29) is 5.97 Å². The zero-order chi connectivity index (χ0) is 31.2. The fraction of sp³-hybridized carbons (Fsp3) is 0.976. The van der Waals surface area contributed by atoms with Gasteiger partial charge in [-0.15, -0.1) is 0 Å². The molecule has 0 saturated heterocycles. The average molecular weight is 607 g/mol. The van der Waals surface area contributed by atoms with Gasteiger partial charge in [-0.25, -0.2) is 0 Å². The second-order valence-electron chi connectivity index (χ2n) is 14.0. The fourth-order valence-corrected chi connectivity index (χ4v) is 6.43. The Hall–Kier alpha value is -0.530. The van der Waals surface area contributed by atoms with Gasteiger partial charge in [-0.05, 0) is 12.8 Å². The Labute approximate surface area is 273 Å². The van der Waals surface area contributed by atoms with Gasteiger partial charge in [0.05, 0.1) is 6.61 Å². The first-order valence-electron chi connectivity index (χ1n) is 20.5. The van der Waals surface area contributed by atoms with Crippen molar-refractivity contribution >= 4 is 5.97 Å². The van der Waals surface area contributed by atoms with E-state index in [0.717, 1.165) is 12.8 Å². The highest BCUT2D eigenvalue weighted by molar-refractivity contribution is 5.69. The number of hydrogen-bond donors (Lipinski definition) is 0. The van der Waals surface area contributed by atoms with Crippen LogP contribution in [0.15, 0.2) is 0 Å². The number of carbonyl (C=O) groups is 1. The van der Waals surface area contributed by atoms with E-state index in [1.54, 1.807) is 0 Å². The molecule has 2 heteroatoms. The molecule has 0 atom stereocenters. The predicted octanol–water partition coefficient (Wildman–Crippen LogP) is 15.0. The lowest BCUT2D eigenvalue weighted by molar-refractivity contribution is -0.143. The molecule has 2 nitrogen and oxygen atoms in total. The molecule has 0 aliphatic rings. The zero-order valence-corrected chi connectivity index (χ0v) is 30.2. The van der Waals surface area contributed by atoms with Crippen molar-refractivity contribution < 1.29 is 9.53 Å². The maximum atomic E-state index is 12.0. The quantitative estimate of drug-likeness (QED) is 0.0516. The molecule has 0 unspecified atom stereocenters. The highest BCUT2D eigenvalue weighted by Gasteiger charge is 2.03. The summed E-state index contributed by atoms with van der Waals surface area (Å²) in [6, 6.07) is 0. The molecular weight excluding hydrogens is 524 g/mol. The first kappa shape index (κ1) is 42.5. The molecule has 0 N–H and O–H groups in total. The van der Waals surface area contributed by atoms with E-state index < -0.39 is 0 Å². The third-order valence-electron chi connectivity index (χ3n) is 9.50. The minimum absolute atomic E-state index is 0.0310. The normalized spacial score (nSPS) is 11.4. The highest BCUT2D eigenvalue weighted by Crippen LogP contribution is 2.16. The number of ether oxygens (including phenoxy) is 1. The van der Waals surface area contributed by atoms with Crippen LogP contribution < -0.4 is 0 Å². The second kappa shape index (κ2) is 39.5. The summed E-state index contributed by atoms with van der Waals surface area (Å²) < 4.78 is 5.47. The first-order chi connectivity index (χ1) is 21.3. The Kier molecular flexibility index (Phi) is 39.0. The van der Waals surface area contributed by atoms with E-state index in [1.807, 2.05) is 0 Å². The molecule has 0 rings (SSSR count). The number of carbonyl (C=O) groups excluding carboxylic acids is 1. The van der Waals surface area contributed by atoms with E-state index in [9.17, 15) is 4.79 Å². The number of rotatable bonds is 38. The molecule has 0 bridgehead atoms. The lowest BCUT2D eigenvalue weighted by atomic mass is 10.0. The molecule has 0 fully saturated rings. The van der Waals surface area contributed by atoms with Gasteiger partial charge in [0.2, 0.25) is 0 Å². The third-order valence-corrected chi connectivity index (χ3v) is 9.50. The monoisotopic (exact) mass is 607 g/mol. The van der Waals surface area contributed by atoms with E-state index in [1.165, 1.54) is 218 Å². The predicted molar refractivity (Wildman–Crippen MR) is 193 cm³/mol. The zero-order valence-electron chi connectivity index (χ0n) is 30.2. The van der Waals surface area contributed by atoms with Gasteiger partial charge in [-0.1, -0.05) is 232 Å². The number of hydrogen-bond acceptors (Lipinski definition) is 2. The molecule has 0 radical (unpaired) electrons. The lowest BCUT2D eigenvalue weighted by Gasteiger charge is -2.06. The fourth-order valence-electron chi connectivity index (χ4n) is 6.43. The Bertz CT molecular complexity index is 502. The summed E-state index contributed by atoms with van der Waals surface area (Å²) in [6.45, 7) is 5.23. The van der Waals surface area contributed by atoms with Gasteiger partial charge in [0.25, 0.3) is 0 Å². The van der Waals surface area contributed by atoms with Crippen LogP contribution in [0.1, 0.15) is 251 Å². The molecule has 0 aromatic heterocycles. The van der Waals surface area contributed by atoms with Crippen LogP contribution in [-0.4, -0.2) is 12.6 Å². The summed E-state index contributed by atoms with van der Waals surface area (Å²) in [6.07, 6.45) is 50.5. The van der Waals surface area contributed by atoms with E-state index in [4.69, 9.17) is 4.74 Å². The van der Waals surface area contributed by atoms with Gasteiger partial charge in [0.1, 0.15) is 0 Å². The standard InChI is InChI=1S/C41H82O2/c1-3-5-7-9-11-13-15-17-19-21-23-25-27-29-31-33-35-37-39-41(42)43-40-38-36-34-32-30-28-26-24-22-20-18-16-14-12-10-8-6-4-2/h3-40H2,1-2H3. The molecule has 0 amide bonds. The summed E-state index contributed by atoms with van der Waals surface area (Å²) in [5.41, 5.74) is 0. The van der Waals surface area contributed by atoms with Gasteiger partial charge in [-0.2, -0.15) is 0 Å². The second-order valence-corrected chi connectivity index (χ2v) is 14.0. The Morgan fingerprint density at radius 2 is 0.512 bits per heavy atom. The molecular formula is C41H82O2. The van der Waals surface area contributed by atoms with Crippen LogP contribution in [0.3, 0.4) is 0 Å². The summed E-state index contributed by atoms with van der Waals surface area (Å²) in [5, 5.41) is 0. The van der Waals surface area contributed by atoms with Crippen LogP contribution in [0, 0.1) is 0 Å². The maximum Gasteiger partial charge on any atom is 0.305 e. The highest BCUT2D eigenvalue weighted by atomic mass is 16.5. The van der Waals surface area contributed by atoms with Crippen LogP contribution in [0.25, 0.3) is 0 Å². The molecule has 0 aliphatic carbocycles. The van der Waals surface area contributed by atoms with Gasteiger partial charge >= 0.3 is 5.97 Å². The lowest BCUT2D eigenvalue weighted by Crippen LogP contribution is -2.05. The molecule has 0 heterocycles. The Balaban J connectivity index is 3.14. The smallest absolute Gasteiger partial charge is 0.305 e. The van der Waals surface area contributed by atoms with Gasteiger partial charge < -0.3 is 4.74 Å². The van der Waals surface area contributed by atoms with Crippen LogP contribution in [0.5, 0.6) is 0 Å². The minimum Gasteiger partial charge on any atom is -0.466 e. The molecule has 0 aromatic carbocycles. The summed E-state index contributed by atoms with van der Waals surface area (Å²) in [5.74, 6) is 0.0310. The third kappa shape index (κ3) is 39.4. The Morgan fingerprint density at radius 3 is 0.767 bits per heavy atom. The molecule has 0 aromatic rings. The van der Waals surface area contributed by atoms with E-state index >= 15 is 0 Å². The van der Waals surface area contributed by atoms with Crippen LogP contribution in [-0.2, 0) is 9.53 Å². The van der Waals surface area contributed by atoms with Gasteiger partial charge in [0.15, 0.2) is 0 Å². The Morgan fingerprint density at radius 1 is 0.302 bits per heavy atom. The molecule has 43 heavy (non-hydrogen) atoms. The minimum atomic E-state index is 0.0310. The first-order valence-corrected chi connectivity index (χ1v) is 20.5. The largest absolute Gasteiger partial charge is 0.466 e. The van der Waals surface area contributed by atoms with Crippen molar-refractivity contribution in [2.45, 2.75) is 251 Å². The van der Waals surface area contributed by atoms with Crippen molar-refractivity contribution in [3.63, 3.8) is 0 Å². The van der Waals surface area contributed by atoms with Crippen molar-refractivity contribution in [1.82, 2.24) is 0 Å². The van der Waals surface area contributed by atoms with Crippen LogP contribution in [0.4, 0.5) is 0 Å². The van der Waals surface area contributed by atoms with Crippen LogP contribution in [0.2, 0.25) is 0 Å². The molecule has 0 spiro atoms. The number of esters is 1. The SMILES string of the molecule is CCCCCCCCCCCCCCCCCCCCOC(=O)CCCCCCCCCCCCCCCCCCCC. The average Bonchev–Trinajstić information content (AvgIpc) is 3.01. The van der Waals surface area contributed by atoms with Crippen molar-refractivity contribution in [2.75, 3.05) is 6.61 Å². The van der Waals surface area contributed by atoms with Crippen molar-refractivity contribution in [3.8, 4) is 0 Å². The van der Waals surface area contributed by atoms with E-state index in [2.05, 4.69) is 13.8 Å². The van der Waals surface area contributed by atoms with Gasteiger partial charge in [0, 0.05) is 6.42 Å². The van der Waals surface area contributed by atoms with E-state index in [0.29, 0.717) is 13.0 Å². The van der Waals surface area contributed by atoms with Gasteiger partial charge in [-0.3, -0.25) is 4.79 Å². The summed E-state index contributed by atoms with van der Waals surface area (Å²) in [7, 11) is 0. The van der Waals surface area contributed by atoms with Crippen molar-refractivity contribution in [3.05, 3.63) is 0 Å². The summed E-state index contributed by atoms with van der Waals surface area (Å²) >= 11 is 0. The van der Waals surface area contributed by atoms with Crippen molar-refractivity contribution in [2.24, 2.45) is 0 Å². The molecule has 0 aliphatic heterocycles. The number of unbranched alkanes of at least 4 members (excludes halogenated alkanes) is 34. The van der Waals surface area contributed by atoms with Crippen LogP contribution >= 0.6 is 0 Å².